The summed E-state index contributed by atoms with van der Waals surface area (Å²) in [7, 11) is 1.28. The Morgan fingerprint density at radius 1 is 1.07 bits per heavy atom. The van der Waals surface area contributed by atoms with Gasteiger partial charge in [0.15, 0.2) is 0 Å². The average Bonchev–Trinajstić information content (AvgIpc) is 2.74. The summed E-state index contributed by atoms with van der Waals surface area (Å²) in [5.41, 5.74) is 2.59. The molecule has 0 radical (unpaired) electrons. The summed E-state index contributed by atoms with van der Waals surface area (Å²) < 4.78 is 4.68. The van der Waals surface area contributed by atoms with E-state index in [-0.39, 0.29) is 11.3 Å². The van der Waals surface area contributed by atoms with Crippen LogP contribution in [-0.2, 0) is 11.3 Å². The fraction of sp³-hybridized carbons (Fsp3) is 0.100. The quantitative estimate of drug-likeness (QED) is 0.616. The Morgan fingerprint density at radius 3 is 2.61 bits per heavy atom. The molecule has 0 aliphatic rings. The predicted molar refractivity (Wildman–Crippen MR) is 107 cm³/mol. The van der Waals surface area contributed by atoms with E-state index in [4.69, 9.17) is 11.6 Å². The molecule has 0 spiro atoms. The van der Waals surface area contributed by atoms with E-state index in [1.807, 2.05) is 12.1 Å². The monoisotopic (exact) mass is 396 g/mol. The Kier molecular flexibility index (Phi) is 6.18. The summed E-state index contributed by atoms with van der Waals surface area (Å²) in [4.78, 5) is 32.3. The number of hydrogen-bond donors (Lipinski definition) is 2. The van der Waals surface area contributed by atoms with E-state index < -0.39 is 11.9 Å². The molecule has 8 heteroatoms. The Labute approximate surface area is 166 Å². The smallest absolute Gasteiger partial charge is 0.337 e. The molecular formula is C20H17ClN4O3. The van der Waals surface area contributed by atoms with Gasteiger partial charge in [-0.3, -0.25) is 14.8 Å². The first-order valence-electron chi connectivity index (χ1n) is 8.35. The lowest BCUT2D eigenvalue weighted by Gasteiger charge is -2.10. The van der Waals surface area contributed by atoms with Crippen molar-refractivity contribution >= 4 is 34.9 Å². The molecule has 2 aromatic heterocycles. The summed E-state index contributed by atoms with van der Waals surface area (Å²) in [5.74, 6) is -0.968. The van der Waals surface area contributed by atoms with Gasteiger partial charge in [-0.1, -0.05) is 11.6 Å². The van der Waals surface area contributed by atoms with Crippen LogP contribution in [0.2, 0.25) is 5.02 Å². The Morgan fingerprint density at radius 2 is 1.86 bits per heavy atom. The number of anilines is 2. The van der Waals surface area contributed by atoms with E-state index in [9.17, 15) is 9.59 Å². The average molecular weight is 397 g/mol. The molecule has 0 aliphatic carbocycles. The van der Waals surface area contributed by atoms with Gasteiger partial charge < -0.3 is 15.4 Å². The normalized spacial score (nSPS) is 10.2. The second-order valence-corrected chi connectivity index (χ2v) is 6.19. The molecule has 0 saturated carbocycles. The number of carbonyl (C=O) groups excluding carboxylic acids is 2. The third kappa shape index (κ3) is 4.83. The van der Waals surface area contributed by atoms with Crippen LogP contribution in [0.4, 0.5) is 11.4 Å². The maximum absolute atomic E-state index is 12.6. The molecule has 142 valence electrons. The fourth-order valence-corrected chi connectivity index (χ4v) is 2.59. The molecule has 2 N–H and O–H groups in total. The Hall–Kier alpha value is -3.45. The molecule has 3 rings (SSSR count). The lowest BCUT2D eigenvalue weighted by molar-refractivity contribution is 0.0600. The van der Waals surface area contributed by atoms with Crippen molar-refractivity contribution in [3.8, 4) is 0 Å². The number of nitrogens with one attached hydrogen (secondary N) is 2. The highest BCUT2D eigenvalue weighted by atomic mass is 35.5. The van der Waals surface area contributed by atoms with Gasteiger partial charge in [-0.15, -0.1) is 0 Å². The van der Waals surface area contributed by atoms with Crippen molar-refractivity contribution in [2.24, 2.45) is 0 Å². The number of pyridine rings is 2. The second kappa shape index (κ2) is 8.96. The summed E-state index contributed by atoms with van der Waals surface area (Å²) in [6.45, 7) is 0.584. The minimum atomic E-state index is -0.521. The van der Waals surface area contributed by atoms with Crippen LogP contribution in [0.1, 0.15) is 26.4 Å². The molecule has 7 nitrogen and oxygen atoms in total. The molecule has 1 aromatic carbocycles. The maximum atomic E-state index is 12.6. The predicted octanol–water partition coefficient (Wildman–Crippen LogP) is 3.78. The van der Waals surface area contributed by atoms with Crippen LogP contribution in [0.5, 0.6) is 0 Å². The van der Waals surface area contributed by atoms with Crippen molar-refractivity contribution in [2.75, 3.05) is 17.7 Å². The number of halogens is 1. The van der Waals surface area contributed by atoms with Gasteiger partial charge in [0.1, 0.15) is 5.69 Å². The Bertz CT molecular complexity index is 996. The largest absolute Gasteiger partial charge is 0.465 e. The maximum Gasteiger partial charge on any atom is 0.337 e. The minimum Gasteiger partial charge on any atom is -0.465 e. The number of aromatic nitrogens is 2. The topological polar surface area (TPSA) is 93.2 Å². The standard InChI is InChI=1S/C20H17ClN4O3/c1-28-20(27)14-2-3-16(21)17(10-14)25-19(26)18-11-15(6-9-23-18)24-12-13-4-7-22-8-5-13/h2-11H,12H2,1H3,(H,23,24)(H,25,26). The van der Waals surface area contributed by atoms with Crippen LogP contribution in [0.25, 0.3) is 0 Å². The third-order valence-electron chi connectivity index (χ3n) is 3.87. The lowest BCUT2D eigenvalue weighted by Crippen LogP contribution is -2.15. The summed E-state index contributed by atoms with van der Waals surface area (Å²) in [6, 6.07) is 11.7. The van der Waals surface area contributed by atoms with Crippen molar-refractivity contribution < 1.29 is 14.3 Å². The van der Waals surface area contributed by atoms with Crippen LogP contribution in [-0.4, -0.2) is 29.0 Å². The third-order valence-corrected chi connectivity index (χ3v) is 4.20. The van der Waals surface area contributed by atoms with E-state index in [2.05, 4.69) is 25.3 Å². The number of methoxy groups -OCH3 is 1. The summed E-state index contributed by atoms with van der Waals surface area (Å²) in [6.07, 6.45) is 4.97. The van der Waals surface area contributed by atoms with Crippen LogP contribution < -0.4 is 10.6 Å². The van der Waals surface area contributed by atoms with Gasteiger partial charge >= 0.3 is 5.97 Å². The zero-order valence-corrected chi connectivity index (χ0v) is 15.7. The molecule has 0 bridgehead atoms. The van der Waals surface area contributed by atoms with Gasteiger partial charge in [-0.25, -0.2) is 4.79 Å². The second-order valence-electron chi connectivity index (χ2n) is 5.78. The summed E-state index contributed by atoms with van der Waals surface area (Å²) in [5, 5.41) is 6.20. The van der Waals surface area contributed by atoms with Gasteiger partial charge in [0.05, 0.1) is 23.4 Å². The molecule has 0 fully saturated rings. The number of benzene rings is 1. The van der Waals surface area contributed by atoms with Crippen LogP contribution in [0.3, 0.4) is 0 Å². The number of esters is 1. The molecule has 0 aliphatic heterocycles. The van der Waals surface area contributed by atoms with E-state index in [0.29, 0.717) is 17.3 Å². The first-order chi connectivity index (χ1) is 13.6. The minimum absolute atomic E-state index is 0.208. The van der Waals surface area contributed by atoms with E-state index >= 15 is 0 Å². The Balaban J connectivity index is 1.72. The first kappa shape index (κ1) is 19.3. The number of ether oxygens (including phenoxy) is 1. The molecular weight excluding hydrogens is 380 g/mol. The number of rotatable bonds is 6. The van der Waals surface area contributed by atoms with Crippen LogP contribution in [0, 0.1) is 0 Å². The highest BCUT2D eigenvalue weighted by Crippen LogP contribution is 2.24. The van der Waals surface area contributed by atoms with Gasteiger partial charge in [0.25, 0.3) is 5.91 Å². The zero-order chi connectivity index (χ0) is 19.9. The molecule has 0 atom stereocenters. The zero-order valence-electron chi connectivity index (χ0n) is 15.0. The summed E-state index contributed by atoms with van der Waals surface area (Å²) >= 11 is 6.12. The van der Waals surface area contributed by atoms with Gasteiger partial charge in [0, 0.05) is 30.8 Å². The van der Waals surface area contributed by atoms with E-state index in [0.717, 1.165) is 11.3 Å². The van der Waals surface area contributed by atoms with Gasteiger partial charge in [0.2, 0.25) is 0 Å². The molecule has 28 heavy (non-hydrogen) atoms. The highest BCUT2D eigenvalue weighted by molar-refractivity contribution is 6.34. The molecule has 0 unspecified atom stereocenters. The molecule has 2 heterocycles. The van der Waals surface area contributed by atoms with Crippen molar-refractivity contribution in [1.29, 1.82) is 0 Å². The van der Waals surface area contributed by atoms with Gasteiger partial charge in [-0.05, 0) is 48.0 Å². The van der Waals surface area contributed by atoms with E-state index in [1.54, 1.807) is 24.5 Å². The van der Waals surface area contributed by atoms with Crippen molar-refractivity contribution in [3.05, 3.63) is 82.9 Å². The molecule has 1 amide bonds. The van der Waals surface area contributed by atoms with Crippen molar-refractivity contribution in [1.82, 2.24) is 9.97 Å². The SMILES string of the molecule is COC(=O)c1ccc(Cl)c(NC(=O)c2cc(NCc3ccncc3)ccn2)c1. The lowest BCUT2D eigenvalue weighted by atomic mass is 10.2. The first-order valence-corrected chi connectivity index (χ1v) is 8.72. The fourth-order valence-electron chi connectivity index (χ4n) is 2.42. The van der Waals surface area contributed by atoms with Crippen molar-refractivity contribution in [2.45, 2.75) is 6.54 Å². The van der Waals surface area contributed by atoms with Crippen LogP contribution >= 0.6 is 11.6 Å². The number of hydrogen-bond acceptors (Lipinski definition) is 6. The number of amides is 1. The highest BCUT2D eigenvalue weighted by Gasteiger charge is 2.13. The van der Waals surface area contributed by atoms with E-state index in [1.165, 1.54) is 31.5 Å². The van der Waals surface area contributed by atoms with Crippen molar-refractivity contribution in [3.63, 3.8) is 0 Å². The molecule has 3 aromatic rings. The van der Waals surface area contributed by atoms with Crippen LogP contribution in [0.15, 0.2) is 61.1 Å². The van der Waals surface area contributed by atoms with Gasteiger partial charge in [-0.2, -0.15) is 0 Å². The number of nitrogens with zero attached hydrogens (tertiary/aromatic N) is 2. The molecule has 0 saturated heterocycles. The number of carbonyl (C=O) groups is 2.